The molecule has 0 unspecified atom stereocenters. The summed E-state index contributed by atoms with van der Waals surface area (Å²) in [5.41, 5.74) is 3.85. The summed E-state index contributed by atoms with van der Waals surface area (Å²) in [4.78, 5) is 12.4. The van der Waals surface area contributed by atoms with Gasteiger partial charge in [-0.1, -0.05) is 62.4 Å². The fourth-order valence-electron chi connectivity index (χ4n) is 2.74. The van der Waals surface area contributed by atoms with Gasteiger partial charge in [-0.2, -0.15) is 0 Å². The average Bonchev–Trinajstić information content (AvgIpc) is 2.37. The highest BCUT2D eigenvalue weighted by molar-refractivity contribution is 6.13. The molecule has 0 saturated heterocycles. The van der Waals surface area contributed by atoms with Crippen molar-refractivity contribution in [2.24, 2.45) is 0 Å². The zero-order valence-electron chi connectivity index (χ0n) is 10.0. The summed E-state index contributed by atoms with van der Waals surface area (Å²) >= 11 is 0. The highest BCUT2D eigenvalue weighted by atomic mass is 16.1. The number of hydrogen-bond donors (Lipinski definition) is 0. The lowest BCUT2D eigenvalue weighted by molar-refractivity contribution is 0.103. The van der Waals surface area contributed by atoms with E-state index in [4.69, 9.17) is 0 Å². The molecule has 1 heteroatoms. The van der Waals surface area contributed by atoms with Crippen molar-refractivity contribution in [3.05, 3.63) is 70.8 Å². The molecule has 0 saturated carbocycles. The SMILES string of the molecule is [13CH3]C1([13CH3])c2ccccc2C(=O)c2ccccc21. The molecule has 2 aromatic carbocycles. The van der Waals surface area contributed by atoms with Gasteiger partial charge in [0.15, 0.2) is 5.78 Å². The first-order valence-corrected chi connectivity index (χ1v) is 5.86. The summed E-state index contributed by atoms with van der Waals surface area (Å²) in [6.07, 6.45) is 0. The summed E-state index contributed by atoms with van der Waals surface area (Å²) < 4.78 is 0. The van der Waals surface area contributed by atoms with Crippen molar-refractivity contribution >= 4 is 5.78 Å². The third-order valence-electron chi connectivity index (χ3n) is 3.69. The first-order chi connectivity index (χ1) is 8.12. The molecule has 0 atom stereocenters. The molecule has 2 aromatic rings. The fraction of sp³-hybridized carbons (Fsp3) is 0.188. The molecule has 1 nitrogen and oxygen atoms in total. The van der Waals surface area contributed by atoms with Gasteiger partial charge in [0.2, 0.25) is 0 Å². The van der Waals surface area contributed by atoms with E-state index in [1.54, 1.807) is 0 Å². The Balaban J connectivity index is 2.38. The molecule has 0 aromatic heterocycles. The van der Waals surface area contributed by atoms with Crippen molar-refractivity contribution in [1.29, 1.82) is 0 Å². The topological polar surface area (TPSA) is 17.1 Å². The van der Waals surface area contributed by atoms with Gasteiger partial charge in [-0.05, 0) is 11.1 Å². The highest BCUT2D eigenvalue weighted by Crippen LogP contribution is 2.40. The van der Waals surface area contributed by atoms with E-state index in [1.807, 2.05) is 36.4 Å². The van der Waals surface area contributed by atoms with Crippen LogP contribution in [0.15, 0.2) is 48.5 Å². The maximum atomic E-state index is 12.4. The van der Waals surface area contributed by atoms with Crippen LogP contribution in [-0.2, 0) is 5.41 Å². The van der Waals surface area contributed by atoms with Gasteiger partial charge in [0.05, 0.1) is 0 Å². The van der Waals surface area contributed by atoms with Crippen molar-refractivity contribution in [3.8, 4) is 0 Å². The van der Waals surface area contributed by atoms with Crippen LogP contribution >= 0.6 is 0 Å². The lowest BCUT2D eigenvalue weighted by Crippen LogP contribution is -2.30. The van der Waals surface area contributed by atoms with Crippen LogP contribution in [0.25, 0.3) is 0 Å². The van der Waals surface area contributed by atoms with Crippen LogP contribution in [0.4, 0.5) is 0 Å². The summed E-state index contributed by atoms with van der Waals surface area (Å²) in [7, 11) is 0. The molecule has 0 amide bonds. The maximum absolute atomic E-state index is 12.4. The number of benzene rings is 2. The second-order valence-corrected chi connectivity index (χ2v) is 5.05. The molecule has 0 spiro atoms. The van der Waals surface area contributed by atoms with Crippen LogP contribution < -0.4 is 0 Å². The zero-order valence-corrected chi connectivity index (χ0v) is 10.0. The van der Waals surface area contributed by atoms with Gasteiger partial charge < -0.3 is 0 Å². The van der Waals surface area contributed by atoms with Crippen LogP contribution in [0.5, 0.6) is 0 Å². The second-order valence-electron chi connectivity index (χ2n) is 5.05. The number of fused-ring (bicyclic) bond motifs is 2. The van der Waals surface area contributed by atoms with E-state index in [0.29, 0.717) is 0 Å². The Morgan fingerprint density at radius 2 is 1.18 bits per heavy atom. The average molecular weight is 224 g/mol. The molecule has 0 radical (unpaired) electrons. The van der Waals surface area contributed by atoms with Gasteiger partial charge in [0, 0.05) is 16.5 Å². The van der Waals surface area contributed by atoms with Gasteiger partial charge in [-0.25, -0.2) is 0 Å². The van der Waals surface area contributed by atoms with E-state index in [2.05, 4.69) is 26.0 Å². The quantitative estimate of drug-likeness (QED) is 0.625. The highest BCUT2D eigenvalue weighted by Gasteiger charge is 2.35. The molecule has 0 fully saturated rings. The lowest BCUT2D eigenvalue weighted by Gasteiger charge is -2.34. The minimum atomic E-state index is -0.0961. The maximum Gasteiger partial charge on any atom is 0.193 e. The predicted molar refractivity (Wildman–Crippen MR) is 68.4 cm³/mol. The van der Waals surface area contributed by atoms with E-state index in [0.717, 1.165) is 22.3 Å². The molecular formula is C16H14O. The molecule has 17 heavy (non-hydrogen) atoms. The van der Waals surface area contributed by atoms with Crippen molar-refractivity contribution in [2.45, 2.75) is 19.3 Å². The fourth-order valence-corrected chi connectivity index (χ4v) is 2.74. The Bertz CT molecular complexity index is 557. The van der Waals surface area contributed by atoms with E-state index >= 15 is 0 Å². The molecule has 1 aliphatic carbocycles. The molecular weight excluding hydrogens is 210 g/mol. The third kappa shape index (κ3) is 1.29. The third-order valence-corrected chi connectivity index (χ3v) is 3.69. The van der Waals surface area contributed by atoms with Crippen molar-refractivity contribution in [1.82, 2.24) is 0 Å². The van der Waals surface area contributed by atoms with Crippen molar-refractivity contribution in [2.75, 3.05) is 0 Å². The van der Waals surface area contributed by atoms with Crippen LogP contribution in [0.2, 0.25) is 0 Å². The summed E-state index contributed by atoms with van der Waals surface area (Å²) in [6.45, 7) is 4.36. The first kappa shape index (κ1) is 10.3. The van der Waals surface area contributed by atoms with E-state index in [9.17, 15) is 4.79 Å². The Hall–Kier alpha value is -1.89. The van der Waals surface area contributed by atoms with Gasteiger partial charge in [-0.15, -0.1) is 0 Å². The summed E-state index contributed by atoms with van der Waals surface area (Å²) in [5, 5.41) is 0. The van der Waals surface area contributed by atoms with Crippen LogP contribution in [-0.4, -0.2) is 5.78 Å². The molecule has 3 rings (SSSR count). The van der Waals surface area contributed by atoms with E-state index in [-0.39, 0.29) is 11.2 Å². The Morgan fingerprint density at radius 1 is 0.765 bits per heavy atom. The Labute approximate surface area is 101 Å². The normalized spacial score (nSPS) is 16.2. The molecule has 0 bridgehead atoms. The van der Waals surface area contributed by atoms with Crippen LogP contribution in [0.3, 0.4) is 0 Å². The minimum absolute atomic E-state index is 0.0961. The van der Waals surface area contributed by atoms with Gasteiger partial charge >= 0.3 is 0 Å². The second kappa shape index (κ2) is 3.30. The van der Waals surface area contributed by atoms with Gasteiger partial charge in [0.1, 0.15) is 0 Å². The van der Waals surface area contributed by atoms with Crippen molar-refractivity contribution < 1.29 is 4.79 Å². The van der Waals surface area contributed by atoms with Crippen molar-refractivity contribution in [3.63, 3.8) is 0 Å². The molecule has 1 aliphatic rings. The number of rotatable bonds is 0. The van der Waals surface area contributed by atoms with Crippen LogP contribution in [0, 0.1) is 0 Å². The molecule has 0 aliphatic heterocycles. The number of carbonyl (C=O) groups excluding carboxylic acids is 1. The molecule has 84 valence electrons. The van der Waals surface area contributed by atoms with E-state index < -0.39 is 0 Å². The Kier molecular flexibility index (Phi) is 1.99. The van der Waals surface area contributed by atoms with Gasteiger partial charge in [0.25, 0.3) is 0 Å². The number of hydrogen-bond acceptors (Lipinski definition) is 1. The Morgan fingerprint density at radius 3 is 1.65 bits per heavy atom. The van der Waals surface area contributed by atoms with Crippen LogP contribution in [0.1, 0.15) is 40.9 Å². The minimum Gasteiger partial charge on any atom is -0.289 e. The molecule has 0 heterocycles. The number of ketones is 1. The lowest BCUT2D eigenvalue weighted by atomic mass is 9.75. The zero-order chi connectivity index (χ0) is 12.0. The standard InChI is InChI=1S/C16H14O/c1-16(2)13-9-5-3-7-11(13)15(17)12-8-4-6-10-14(12)16/h3-10H,1-2H3/i1+1,2+1. The predicted octanol–water partition coefficient (Wildman–Crippen LogP) is 3.56. The first-order valence-electron chi connectivity index (χ1n) is 5.86. The monoisotopic (exact) mass is 224 g/mol. The summed E-state index contributed by atoms with van der Waals surface area (Å²) in [6, 6.07) is 15.8. The van der Waals surface area contributed by atoms with Gasteiger partial charge in [-0.3, -0.25) is 4.79 Å². The van der Waals surface area contributed by atoms with E-state index in [1.165, 1.54) is 0 Å². The summed E-state index contributed by atoms with van der Waals surface area (Å²) in [5.74, 6) is 0.149. The number of carbonyl (C=O) groups is 1. The molecule has 0 N–H and O–H groups in total. The smallest absolute Gasteiger partial charge is 0.193 e. The largest absolute Gasteiger partial charge is 0.289 e.